The van der Waals surface area contributed by atoms with Gasteiger partial charge in [0.25, 0.3) is 5.91 Å². The summed E-state index contributed by atoms with van der Waals surface area (Å²) in [7, 11) is 0. The molecule has 92 valence electrons. The van der Waals surface area contributed by atoms with E-state index in [-0.39, 0.29) is 5.56 Å². The number of carbonyl (C=O) groups excluding carboxylic acids is 2. The first-order valence-corrected chi connectivity index (χ1v) is 5.79. The monoisotopic (exact) mass is 300 g/mol. The summed E-state index contributed by atoms with van der Waals surface area (Å²) in [5, 5.41) is 0. The molecular weight excluding hydrogens is 288 g/mol. The van der Waals surface area contributed by atoms with Crippen LogP contribution in [-0.2, 0) is 9.53 Å². The van der Waals surface area contributed by atoms with E-state index in [1.807, 2.05) is 0 Å². The maximum atomic E-state index is 11.7. The van der Waals surface area contributed by atoms with Gasteiger partial charge in [0.1, 0.15) is 0 Å². The minimum Gasteiger partial charge on any atom is -0.449 e. The van der Waals surface area contributed by atoms with Crippen LogP contribution in [0.25, 0.3) is 0 Å². The van der Waals surface area contributed by atoms with E-state index < -0.39 is 18.0 Å². The van der Waals surface area contributed by atoms with Crippen molar-refractivity contribution in [3.05, 3.63) is 28.2 Å². The summed E-state index contributed by atoms with van der Waals surface area (Å²) in [5.41, 5.74) is 11.4. The molecule has 1 rings (SSSR count). The van der Waals surface area contributed by atoms with E-state index in [9.17, 15) is 9.59 Å². The zero-order valence-electron chi connectivity index (χ0n) is 9.27. The van der Waals surface area contributed by atoms with Crippen LogP contribution in [0.5, 0.6) is 0 Å². The zero-order valence-corrected chi connectivity index (χ0v) is 10.9. The maximum Gasteiger partial charge on any atom is 0.339 e. The molecule has 1 amide bonds. The van der Waals surface area contributed by atoms with Gasteiger partial charge < -0.3 is 16.2 Å². The van der Waals surface area contributed by atoms with Gasteiger partial charge in [-0.1, -0.05) is 22.9 Å². The van der Waals surface area contributed by atoms with Crippen molar-refractivity contribution >= 4 is 33.5 Å². The fourth-order valence-corrected chi connectivity index (χ4v) is 1.78. The number of carbonyl (C=O) groups is 2. The number of benzene rings is 1. The van der Waals surface area contributed by atoms with E-state index in [1.54, 1.807) is 19.1 Å². The summed E-state index contributed by atoms with van der Waals surface area (Å²) >= 11 is 3.21. The highest BCUT2D eigenvalue weighted by Crippen LogP contribution is 2.18. The van der Waals surface area contributed by atoms with E-state index in [0.29, 0.717) is 16.6 Å². The second-order valence-electron chi connectivity index (χ2n) is 3.48. The first-order valence-electron chi connectivity index (χ1n) is 5.00. The lowest BCUT2D eigenvalue weighted by Gasteiger charge is -2.12. The van der Waals surface area contributed by atoms with Crippen molar-refractivity contribution in [2.45, 2.75) is 19.4 Å². The number of hydrogen-bond donors (Lipinski definition) is 2. The number of nitrogen functional groups attached to an aromatic ring is 1. The van der Waals surface area contributed by atoms with Crippen molar-refractivity contribution in [3.8, 4) is 0 Å². The molecule has 0 aliphatic rings. The minimum atomic E-state index is -0.914. The predicted molar refractivity (Wildman–Crippen MR) is 67.2 cm³/mol. The Kier molecular flexibility index (Phi) is 4.51. The number of primary amides is 1. The fourth-order valence-electron chi connectivity index (χ4n) is 1.27. The van der Waals surface area contributed by atoms with Gasteiger partial charge in [-0.05, 0) is 24.6 Å². The molecule has 1 atom stereocenters. The van der Waals surface area contributed by atoms with Crippen molar-refractivity contribution in [2.75, 3.05) is 5.73 Å². The van der Waals surface area contributed by atoms with Crippen LogP contribution in [0.2, 0.25) is 0 Å². The number of esters is 1. The van der Waals surface area contributed by atoms with E-state index in [1.165, 1.54) is 6.07 Å². The molecule has 1 unspecified atom stereocenters. The zero-order chi connectivity index (χ0) is 13.0. The molecule has 0 heterocycles. The normalized spacial score (nSPS) is 11.9. The van der Waals surface area contributed by atoms with Gasteiger partial charge in [0.05, 0.1) is 5.56 Å². The van der Waals surface area contributed by atoms with Crippen molar-refractivity contribution < 1.29 is 14.3 Å². The predicted octanol–water partition coefficient (Wildman–Crippen LogP) is 1.45. The summed E-state index contributed by atoms with van der Waals surface area (Å²) in [5.74, 6) is -1.28. The van der Waals surface area contributed by atoms with Crippen LogP contribution in [-0.4, -0.2) is 18.0 Å². The van der Waals surface area contributed by atoms with Crippen LogP contribution in [0, 0.1) is 0 Å². The topological polar surface area (TPSA) is 95.4 Å². The molecule has 0 radical (unpaired) electrons. The molecule has 4 N–H and O–H groups in total. The number of halogens is 1. The molecule has 0 spiro atoms. The van der Waals surface area contributed by atoms with Crippen LogP contribution in [0.15, 0.2) is 22.7 Å². The quantitative estimate of drug-likeness (QED) is 0.650. The van der Waals surface area contributed by atoms with Gasteiger partial charge in [0.2, 0.25) is 0 Å². The van der Waals surface area contributed by atoms with Crippen molar-refractivity contribution in [2.24, 2.45) is 5.73 Å². The third-order valence-electron chi connectivity index (χ3n) is 2.09. The Morgan fingerprint density at radius 2 is 2.06 bits per heavy atom. The number of rotatable bonds is 4. The van der Waals surface area contributed by atoms with Gasteiger partial charge in [-0.25, -0.2) is 4.79 Å². The third-order valence-corrected chi connectivity index (χ3v) is 2.55. The summed E-state index contributed by atoms with van der Waals surface area (Å²) in [6, 6.07) is 4.69. The number of amides is 1. The van der Waals surface area contributed by atoms with E-state index >= 15 is 0 Å². The highest BCUT2D eigenvalue weighted by Gasteiger charge is 2.19. The molecular formula is C11H13BrN2O3. The summed E-state index contributed by atoms with van der Waals surface area (Å²) in [6.07, 6.45) is -0.576. The molecule has 1 aromatic rings. The molecule has 17 heavy (non-hydrogen) atoms. The molecule has 0 bridgehead atoms. The van der Waals surface area contributed by atoms with Crippen LogP contribution in [0.1, 0.15) is 23.7 Å². The highest BCUT2D eigenvalue weighted by molar-refractivity contribution is 9.10. The molecule has 0 saturated heterocycles. The van der Waals surface area contributed by atoms with E-state index in [0.717, 1.165) is 0 Å². The van der Waals surface area contributed by atoms with Crippen molar-refractivity contribution in [1.82, 2.24) is 0 Å². The lowest BCUT2D eigenvalue weighted by molar-refractivity contribution is -0.126. The summed E-state index contributed by atoms with van der Waals surface area (Å²) < 4.78 is 5.63. The Hall–Kier alpha value is -1.56. The highest BCUT2D eigenvalue weighted by atomic mass is 79.9. The van der Waals surface area contributed by atoms with Crippen LogP contribution in [0.3, 0.4) is 0 Å². The fraction of sp³-hybridized carbons (Fsp3) is 0.273. The van der Waals surface area contributed by atoms with Crippen LogP contribution >= 0.6 is 15.9 Å². The van der Waals surface area contributed by atoms with Gasteiger partial charge in [-0.15, -0.1) is 0 Å². The van der Waals surface area contributed by atoms with E-state index in [4.69, 9.17) is 16.2 Å². The van der Waals surface area contributed by atoms with Crippen molar-refractivity contribution in [1.29, 1.82) is 0 Å². The number of ether oxygens (including phenoxy) is 1. The lowest BCUT2D eigenvalue weighted by atomic mass is 10.2. The SMILES string of the molecule is CCC(OC(=O)c1cc(N)cc(Br)c1)C(N)=O. The molecule has 0 aliphatic heterocycles. The van der Waals surface area contributed by atoms with Gasteiger partial charge in [0, 0.05) is 10.2 Å². The van der Waals surface area contributed by atoms with Crippen LogP contribution < -0.4 is 11.5 Å². The van der Waals surface area contributed by atoms with Gasteiger partial charge in [0.15, 0.2) is 6.10 Å². The average molecular weight is 301 g/mol. The van der Waals surface area contributed by atoms with Gasteiger partial charge >= 0.3 is 5.97 Å². The minimum absolute atomic E-state index is 0.275. The van der Waals surface area contributed by atoms with Gasteiger partial charge in [-0.3, -0.25) is 4.79 Å². The van der Waals surface area contributed by atoms with Crippen molar-refractivity contribution in [3.63, 3.8) is 0 Å². The standard InChI is InChI=1S/C11H13BrN2O3/c1-2-9(10(14)15)17-11(16)6-3-7(12)5-8(13)4-6/h3-5,9H,2,13H2,1H3,(H2,14,15). The Morgan fingerprint density at radius 3 is 2.53 bits per heavy atom. The molecule has 0 aromatic heterocycles. The first kappa shape index (κ1) is 13.5. The lowest BCUT2D eigenvalue weighted by Crippen LogP contribution is -2.32. The molecule has 0 fully saturated rings. The molecule has 0 saturated carbocycles. The Balaban J connectivity index is 2.86. The Morgan fingerprint density at radius 1 is 1.41 bits per heavy atom. The van der Waals surface area contributed by atoms with Gasteiger partial charge in [-0.2, -0.15) is 0 Å². The largest absolute Gasteiger partial charge is 0.449 e. The summed E-state index contributed by atoms with van der Waals surface area (Å²) in [4.78, 5) is 22.7. The molecule has 5 nitrogen and oxygen atoms in total. The number of anilines is 1. The number of nitrogens with two attached hydrogens (primary N) is 2. The van der Waals surface area contributed by atoms with Crippen LogP contribution in [0.4, 0.5) is 5.69 Å². The second kappa shape index (κ2) is 5.67. The molecule has 6 heteroatoms. The third kappa shape index (κ3) is 3.74. The van der Waals surface area contributed by atoms with E-state index in [2.05, 4.69) is 15.9 Å². The molecule has 1 aromatic carbocycles. The maximum absolute atomic E-state index is 11.7. The number of hydrogen-bond acceptors (Lipinski definition) is 4. The smallest absolute Gasteiger partial charge is 0.339 e. The Labute approximate surface area is 107 Å². The first-order chi connectivity index (χ1) is 7.93. The molecule has 0 aliphatic carbocycles. The second-order valence-corrected chi connectivity index (χ2v) is 4.39. The summed E-state index contributed by atoms with van der Waals surface area (Å²) in [6.45, 7) is 1.71. The Bertz CT molecular complexity index is 428. The average Bonchev–Trinajstić information content (AvgIpc) is 2.23.